The fraction of sp³-hybridized carbons (Fsp3) is 0.500. The molecule has 1 fully saturated rings. The fourth-order valence-corrected chi connectivity index (χ4v) is 2.56. The Balaban J connectivity index is 2.35. The van der Waals surface area contributed by atoms with Crippen LogP contribution in [0.3, 0.4) is 0 Å². The zero-order valence-corrected chi connectivity index (χ0v) is 12.1. The van der Waals surface area contributed by atoms with Gasteiger partial charge in [-0.25, -0.2) is 4.79 Å². The highest BCUT2D eigenvalue weighted by Crippen LogP contribution is 2.36. The third-order valence-corrected chi connectivity index (χ3v) is 3.50. The summed E-state index contributed by atoms with van der Waals surface area (Å²) in [5.74, 6) is 0.0810. The topological polar surface area (TPSA) is 81.9 Å². The molecule has 7 nitrogen and oxygen atoms in total. The molecule has 1 atom stereocenters. The summed E-state index contributed by atoms with van der Waals surface area (Å²) >= 11 is 0. The lowest BCUT2D eigenvalue weighted by Crippen LogP contribution is -2.37. The van der Waals surface area contributed by atoms with Crippen LogP contribution in [0.5, 0.6) is 5.75 Å². The molecule has 0 N–H and O–H groups in total. The van der Waals surface area contributed by atoms with E-state index < -0.39 is 11.0 Å². The molecule has 1 aromatic carbocycles. The molecule has 0 radical (unpaired) electrons. The lowest BCUT2D eigenvalue weighted by Gasteiger charge is -2.25. The summed E-state index contributed by atoms with van der Waals surface area (Å²) in [6.07, 6.45) is 1.44. The average Bonchev–Trinajstić information content (AvgIpc) is 2.96. The van der Waals surface area contributed by atoms with Crippen molar-refractivity contribution in [1.29, 1.82) is 0 Å². The Morgan fingerprint density at radius 1 is 1.52 bits per heavy atom. The van der Waals surface area contributed by atoms with E-state index in [-0.39, 0.29) is 11.7 Å². The van der Waals surface area contributed by atoms with Gasteiger partial charge in [-0.05, 0) is 31.9 Å². The van der Waals surface area contributed by atoms with Gasteiger partial charge in [0.2, 0.25) is 0 Å². The van der Waals surface area contributed by atoms with E-state index in [0.717, 1.165) is 6.42 Å². The van der Waals surface area contributed by atoms with Crippen molar-refractivity contribution < 1.29 is 19.2 Å². The molecule has 21 heavy (non-hydrogen) atoms. The normalized spacial score (nSPS) is 17.6. The van der Waals surface area contributed by atoms with Gasteiger partial charge < -0.3 is 14.4 Å². The van der Waals surface area contributed by atoms with Crippen LogP contribution < -0.4 is 9.64 Å². The summed E-state index contributed by atoms with van der Waals surface area (Å²) in [4.78, 5) is 24.5. The first kappa shape index (κ1) is 15.1. The number of nitrogens with zero attached hydrogens (tertiary/aromatic N) is 2. The van der Waals surface area contributed by atoms with E-state index in [1.54, 1.807) is 24.0 Å². The van der Waals surface area contributed by atoms with Crippen LogP contribution >= 0.6 is 0 Å². The van der Waals surface area contributed by atoms with Gasteiger partial charge >= 0.3 is 5.97 Å². The molecule has 0 aliphatic carbocycles. The highest BCUT2D eigenvalue weighted by Gasteiger charge is 2.35. The molecule has 1 aliphatic heterocycles. The molecule has 7 heteroatoms. The van der Waals surface area contributed by atoms with Gasteiger partial charge in [-0.15, -0.1) is 0 Å². The first-order valence-corrected chi connectivity index (χ1v) is 6.84. The SMILES string of the molecule is CCOC(=O)C1CCCN1c1ccc(OC)cc1[N+](=O)[O-]. The van der Waals surface area contributed by atoms with Gasteiger partial charge in [0.1, 0.15) is 17.5 Å². The number of anilines is 1. The predicted molar refractivity (Wildman–Crippen MR) is 76.6 cm³/mol. The number of benzene rings is 1. The largest absolute Gasteiger partial charge is 0.496 e. The summed E-state index contributed by atoms with van der Waals surface area (Å²) in [6, 6.07) is 4.19. The Morgan fingerprint density at radius 3 is 2.90 bits per heavy atom. The number of nitro benzene ring substituents is 1. The molecule has 0 bridgehead atoms. The molecule has 1 heterocycles. The molecular formula is C14H18N2O5. The van der Waals surface area contributed by atoms with Crippen LogP contribution in [0, 0.1) is 10.1 Å². The Labute approximate surface area is 122 Å². The number of ether oxygens (including phenoxy) is 2. The van der Waals surface area contributed by atoms with Gasteiger partial charge in [0.05, 0.1) is 24.7 Å². The van der Waals surface area contributed by atoms with Gasteiger partial charge in [-0.1, -0.05) is 0 Å². The van der Waals surface area contributed by atoms with Crippen molar-refractivity contribution in [1.82, 2.24) is 0 Å². The van der Waals surface area contributed by atoms with E-state index in [1.165, 1.54) is 13.2 Å². The van der Waals surface area contributed by atoms with E-state index in [1.807, 2.05) is 0 Å². The minimum atomic E-state index is -0.461. The van der Waals surface area contributed by atoms with E-state index in [2.05, 4.69) is 0 Å². The van der Waals surface area contributed by atoms with Crippen molar-refractivity contribution in [3.05, 3.63) is 28.3 Å². The van der Waals surface area contributed by atoms with Crippen molar-refractivity contribution in [2.24, 2.45) is 0 Å². The fourth-order valence-electron chi connectivity index (χ4n) is 2.56. The molecule has 1 saturated heterocycles. The lowest BCUT2D eigenvalue weighted by molar-refractivity contribution is -0.384. The third kappa shape index (κ3) is 3.07. The van der Waals surface area contributed by atoms with Crippen molar-refractivity contribution >= 4 is 17.3 Å². The highest BCUT2D eigenvalue weighted by molar-refractivity contribution is 5.82. The van der Waals surface area contributed by atoms with Crippen LogP contribution in [-0.2, 0) is 9.53 Å². The maximum absolute atomic E-state index is 12.0. The smallest absolute Gasteiger partial charge is 0.328 e. The maximum Gasteiger partial charge on any atom is 0.328 e. The molecule has 1 unspecified atom stereocenters. The molecule has 1 aliphatic rings. The average molecular weight is 294 g/mol. The summed E-state index contributed by atoms with van der Waals surface area (Å²) in [5.41, 5.74) is 0.363. The van der Waals surface area contributed by atoms with Gasteiger partial charge in [-0.3, -0.25) is 10.1 Å². The van der Waals surface area contributed by atoms with Crippen LogP contribution in [0.15, 0.2) is 18.2 Å². The number of hydrogen-bond donors (Lipinski definition) is 0. The van der Waals surface area contributed by atoms with Crippen LogP contribution in [0.2, 0.25) is 0 Å². The van der Waals surface area contributed by atoms with Crippen molar-refractivity contribution in [2.75, 3.05) is 25.2 Å². The Kier molecular flexibility index (Phi) is 4.62. The van der Waals surface area contributed by atoms with Gasteiger partial charge in [0.15, 0.2) is 0 Å². The summed E-state index contributed by atoms with van der Waals surface area (Å²) in [7, 11) is 1.45. The Morgan fingerprint density at radius 2 is 2.29 bits per heavy atom. The number of esters is 1. The zero-order chi connectivity index (χ0) is 15.4. The summed E-state index contributed by atoms with van der Waals surface area (Å²) < 4.78 is 10.1. The van der Waals surface area contributed by atoms with Gasteiger partial charge in [-0.2, -0.15) is 0 Å². The molecule has 0 saturated carbocycles. The second-order valence-corrected chi connectivity index (χ2v) is 4.72. The summed E-state index contributed by atoms with van der Waals surface area (Å²) in [6.45, 7) is 2.64. The van der Waals surface area contributed by atoms with Gasteiger partial charge in [0.25, 0.3) is 5.69 Å². The van der Waals surface area contributed by atoms with E-state index >= 15 is 0 Å². The molecule has 114 valence electrons. The van der Waals surface area contributed by atoms with Crippen molar-refractivity contribution in [2.45, 2.75) is 25.8 Å². The second-order valence-electron chi connectivity index (χ2n) is 4.72. The number of carbonyl (C=O) groups excluding carboxylic acids is 1. The van der Waals surface area contributed by atoms with E-state index in [9.17, 15) is 14.9 Å². The first-order chi connectivity index (χ1) is 10.1. The van der Waals surface area contributed by atoms with E-state index in [4.69, 9.17) is 9.47 Å². The second kappa shape index (κ2) is 6.43. The molecule has 1 aromatic rings. The van der Waals surface area contributed by atoms with E-state index in [0.29, 0.717) is 31.0 Å². The molecule has 0 amide bonds. The minimum absolute atomic E-state index is 0.0643. The third-order valence-electron chi connectivity index (χ3n) is 3.50. The quantitative estimate of drug-likeness (QED) is 0.470. The number of rotatable bonds is 5. The number of nitro groups is 1. The molecule has 2 rings (SSSR count). The molecule has 0 spiro atoms. The first-order valence-electron chi connectivity index (χ1n) is 6.84. The highest BCUT2D eigenvalue weighted by atomic mass is 16.6. The van der Waals surface area contributed by atoms with Crippen LogP contribution in [-0.4, -0.2) is 37.2 Å². The van der Waals surface area contributed by atoms with Crippen LogP contribution in [0.1, 0.15) is 19.8 Å². The molecule has 0 aromatic heterocycles. The zero-order valence-electron chi connectivity index (χ0n) is 12.1. The van der Waals surface area contributed by atoms with Crippen LogP contribution in [0.25, 0.3) is 0 Å². The summed E-state index contributed by atoms with van der Waals surface area (Å²) in [5, 5.41) is 11.3. The lowest BCUT2D eigenvalue weighted by atomic mass is 10.2. The monoisotopic (exact) mass is 294 g/mol. The standard InChI is InChI=1S/C14H18N2O5/c1-3-21-14(17)12-5-4-8-15(12)11-7-6-10(20-2)9-13(11)16(18)19/h6-7,9,12H,3-5,8H2,1-2H3. The maximum atomic E-state index is 12.0. The number of methoxy groups -OCH3 is 1. The molecular weight excluding hydrogens is 276 g/mol. The van der Waals surface area contributed by atoms with Crippen molar-refractivity contribution in [3.8, 4) is 5.75 Å². The van der Waals surface area contributed by atoms with Crippen LogP contribution in [0.4, 0.5) is 11.4 Å². The Bertz CT molecular complexity index is 546. The van der Waals surface area contributed by atoms with Gasteiger partial charge in [0, 0.05) is 6.54 Å². The number of hydrogen-bond acceptors (Lipinski definition) is 6. The predicted octanol–water partition coefficient (Wildman–Crippen LogP) is 2.14. The minimum Gasteiger partial charge on any atom is -0.496 e. The number of carbonyl (C=O) groups is 1. The Hall–Kier alpha value is -2.31. The van der Waals surface area contributed by atoms with Crippen molar-refractivity contribution in [3.63, 3.8) is 0 Å².